The summed E-state index contributed by atoms with van der Waals surface area (Å²) in [5.41, 5.74) is 2.49. The number of aromatic nitrogens is 1. The first kappa shape index (κ1) is 12.4. The van der Waals surface area contributed by atoms with E-state index in [-0.39, 0.29) is 0 Å². The zero-order valence-electron chi connectivity index (χ0n) is 7.62. The summed E-state index contributed by atoms with van der Waals surface area (Å²) in [5.74, 6) is -3.39. The summed E-state index contributed by atoms with van der Waals surface area (Å²) in [6.07, 6.45) is -4.33. The highest BCUT2D eigenvalue weighted by molar-refractivity contribution is 5.75. The van der Waals surface area contributed by atoms with Gasteiger partial charge in [0.2, 0.25) is 0 Å². The largest absolute Gasteiger partial charge is 0.480 e. The molecule has 0 saturated carbocycles. The standard InChI is InChI=1S/C8H6F4N2O2/c9-4-3(5(13)7(15)16)1-2-14-6(4)8(10,11)12/h1-2,5H,13H2,(H,15,16). The minimum atomic E-state index is -4.99. The lowest BCUT2D eigenvalue weighted by molar-refractivity contribution is -0.144. The van der Waals surface area contributed by atoms with Crippen molar-refractivity contribution in [1.29, 1.82) is 0 Å². The maximum absolute atomic E-state index is 13.3. The second-order valence-corrected chi connectivity index (χ2v) is 2.88. The molecule has 0 aromatic carbocycles. The number of hydrogen-bond acceptors (Lipinski definition) is 3. The number of nitrogens with two attached hydrogens (primary N) is 1. The molecule has 0 saturated heterocycles. The topological polar surface area (TPSA) is 76.2 Å². The van der Waals surface area contributed by atoms with Crippen molar-refractivity contribution < 1.29 is 27.5 Å². The van der Waals surface area contributed by atoms with Crippen LogP contribution in [0.5, 0.6) is 0 Å². The summed E-state index contributed by atoms with van der Waals surface area (Å²) < 4.78 is 49.9. The SMILES string of the molecule is NC(C(=O)O)c1ccnc(C(F)(F)F)c1F. The van der Waals surface area contributed by atoms with Crippen LogP contribution in [-0.4, -0.2) is 16.1 Å². The molecule has 1 aromatic rings. The summed E-state index contributed by atoms with van der Waals surface area (Å²) >= 11 is 0. The quantitative estimate of drug-likeness (QED) is 0.762. The Morgan fingerprint density at radius 3 is 2.50 bits per heavy atom. The van der Waals surface area contributed by atoms with Crippen molar-refractivity contribution in [1.82, 2.24) is 4.98 Å². The number of carboxylic acids is 1. The number of hydrogen-bond donors (Lipinski definition) is 2. The lowest BCUT2D eigenvalue weighted by Gasteiger charge is -2.12. The number of carbonyl (C=O) groups is 1. The van der Waals surface area contributed by atoms with E-state index in [1.807, 2.05) is 0 Å². The van der Waals surface area contributed by atoms with Crippen LogP contribution in [0.4, 0.5) is 17.6 Å². The molecule has 3 N–H and O–H groups in total. The van der Waals surface area contributed by atoms with E-state index in [4.69, 9.17) is 10.8 Å². The van der Waals surface area contributed by atoms with Crippen LogP contribution in [0.3, 0.4) is 0 Å². The molecule has 8 heteroatoms. The van der Waals surface area contributed by atoms with E-state index >= 15 is 0 Å². The van der Waals surface area contributed by atoms with Gasteiger partial charge in [0.15, 0.2) is 11.5 Å². The fraction of sp³-hybridized carbons (Fsp3) is 0.250. The van der Waals surface area contributed by atoms with Gasteiger partial charge in [-0.15, -0.1) is 0 Å². The number of halogens is 4. The zero-order valence-corrected chi connectivity index (χ0v) is 7.62. The molecule has 0 aliphatic rings. The van der Waals surface area contributed by atoms with Crippen LogP contribution >= 0.6 is 0 Å². The Balaban J connectivity index is 3.30. The first-order valence-corrected chi connectivity index (χ1v) is 3.95. The van der Waals surface area contributed by atoms with Gasteiger partial charge < -0.3 is 10.8 Å². The number of carboxylic acid groups (broad SMARTS) is 1. The van der Waals surface area contributed by atoms with Gasteiger partial charge in [0, 0.05) is 11.8 Å². The summed E-state index contributed by atoms with van der Waals surface area (Å²) in [6.45, 7) is 0. The van der Waals surface area contributed by atoms with Crippen LogP contribution in [-0.2, 0) is 11.0 Å². The van der Waals surface area contributed by atoms with Crippen LogP contribution in [0.1, 0.15) is 17.3 Å². The van der Waals surface area contributed by atoms with Gasteiger partial charge in [-0.25, -0.2) is 9.37 Å². The van der Waals surface area contributed by atoms with Crippen molar-refractivity contribution in [3.05, 3.63) is 29.3 Å². The molecule has 4 nitrogen and oxygen atoms in total. The molecule has 16 heavy (non-hydrogen) atoms. The van der Waals surface area contributed by atoms with Crippen molar-refractivity contribution in [2.75, 3.05) is 0 Å². The van der Waals surface area contributed by atoms with Gasteiger partial charge in [-0.1, -0.05) is 0 Å². The molecule has 0 spiro atoms. The number of pyridine rings is 1. The van der Waals surface area contributed by atoms with Crippen molar-refractivity contribution in [3.63, 3.8) is 0 Å². The number of aliphatic carboxylic acids is 1. The number of alkyl halides is 3. The van der Waals surface area contributed by atoms with Gasteiger partial charge >= 0.3 is 12.1 Å². The Labute approximate surface area is 86.7 Å². The molecule has 0 radical (unpaired) electrons. The van der Waals surface area contributed by atoms with E-state index in [1.54, 1.807) is 0 Å². The molecule has 0 bridgehead atoms. The Bertz CT molecular complexity index is 419. The Kier molecular flexibility index (Phi) is 3.13. The lowest BCUT2D eigenvalue weighted by Crippen LogP contribution is -2.24. The van der Waals surface area contributed by atoms with Crippen LogP contribution < -0.4 is 5.73 Å². The summed E-state index contributed by atoms with van der Waals surface area (Å²) in [7, 11) is 0. The Morgan fingerprint density at radius 1 is 1.50 bits per heavy atom. The third kappa shape index (κ3) is 2.27. The molecule has 1 aromatic heterocycles. The van der Waals surface area contributed by atoms with Gasteiger partial charge in [-0.05, 0) is 6.07 Å². The maximum Gasteiger partial charge on any atom is 0.436 e. The van der Waals surface area contributed by atoms with E-state index in [2.05, 4.69) is 4.98 Å². The first-order chi connectivity index (χ1) is 7.25. The van der Waals surface area contributed by atoms with E-state index in [0.717, 1.165) is 6.07 Å². The van der Waals surface area contributed by atoms with Gasteiger partial charge in [-0.3, -0.25) is 4.79 Å². The molecule has 1 unspecified atom stereocenters. The second-order valence-electron chi connectivity index (χ2n) is 2.88. The van der Waals surface area contributed by atoms with Crippen LogP contribution in [0.15, 0.2) is 12.3 Å². The summed E-state index contributed by atoms with van der Waals surface area (Å²) in [4.78, 5) is 13.2. The van der Waals surface area contributed by atoms with E-state index in [0.29, 0.717) is 6.20 Å². The molecular formula is C8H6F4N2O2. The normalized spacial score (nSPS) is 13.6. The van der Waals surface area contributed by atoms with Gasteiger partial charge in [0.1, 0.15) is 6.04 Å². The van der Waals surface area contributed by atoms with Crippen LogP contribution in [0.25, 0.3) is 0 Å². The number of rotatable bonds is 2. The maximum atomic E-state index is 13.3. The Hall–Kier alpha value is -1.70. The molecule has 1 atom stereocenters. The second kappa shape index (κ2) is 4.05. The minimum Gasteiger partial charge on any atom is -0.480 e. The predicted molar refractivity (Wildman–Crippen MR) is 43.8 cm³/mol. The van der Waals surface area contributed by atoms with Crippen LogP contribution in [0.2, 0.25) is 0 Å². The van der Waals surface area contributed by atoms with Crippen molar-refractivity contribution >= 4 is 5.97 Å². The molecule has 0 amide bonds. The van der Waals surface area contributed by atoms with E-state index < -0.39 is 35.3 Å². The molecule has 0 aliphatic carbocycles. The van der Waals surface area contributed by atoms with Gasteiger partial charge in [0.25, 0.3) is 0 Å². The summed E-state index contributed by atoms with van der Waals surface area (Å²) in [5, 5.41) is 8.46. The zero-order chi connectivity index (χ0) is 12.5. The van der Waals surface area contributed by atoms with E-state index in [1.165, 1.54) is 0 Å². The average molecular weight is 238 g/mol. The van der Waals surface area contributed by atoms with Gasteiger partial charge in [-0.2, -0.15) is 13.2 Å². The fourth-order valence-corrected chi connectivity index (χ4v) is 1.03. The molecule has 1 heterocycles. The summed E-state index contributed by atoms with van der Waals surface area (Å²) in [6, 6.07) is -1.06. The molecule has 0 aliphatic heterocycles. The van der Waals surface area contributed by atoms with Crippen molar-refractivity contribution in [2.45, 2.75) is 12.2 Å². The average Bonchev–Trinajstić information content (AvgIpc) is 2.15. The highest BCUT2D eigenvalue weighted by Crippen LogP contribution is 2.31. The highest BCUT2D eigenvalue weighted by atomic mass is 19.4. The molecule has 88 valence electrons. The van der Waals surface area contributed by atoms with Crippen LogP contribution in [0, 0.1) is 5.82 Å². The smallest absolute Gasteiger partial charge is 0.436 e. The number of nitrogens with zero attached hydrogens (tertiary/aromatic N) is 1. The Morgan fingerprint density at radius 2 is 2.06 bits per heavy atom. The lowest BCUT2D eigenvalue weighted by atomic mass is 10.1. The minimum absolute atomic E-state index is 0.657. The van der Waals surface area contributed by atoms with Crippen molar-refractivity contribution in [3.8, 4) is 0 Å². The third-order valence-corrected chi connectivity index (χ3v) is 1.79. The highest BCUT2D eigenvalue weighted by Gasteiger charge is 2.38. The molecule has 0 fully saturated rings. The molecule has 1 rings (SSSR count). The van der Waals surface area contributed by atoms with Crippen molar-refractivity contribution in [2.24, 2.45) is 5.73 Å². The molecular weight excluding hydrogens is 232 g/mol. The third-order valence-electron chi connectivity index (χ3n) is 1.79. The van der Waals surface area contributed by atoms with E-state index in [9.17, 15) is 22.4 Å². The van der Waals surface area contributed by atoms with Gasteiger partial charge in [0.05, 0.1) is 0 Å². The first-order valence-electron chi connectivity index (χ1n) is 3.95. The predicted octanol–water partition coefficient (Wildman–Crippen LogP) is 1.32. The monoisotopic (exact) mass is 238 g/mol. The fourth-order valence-electron chi connectivity index (χ4n) is 1.03.